The number of nitrogens with zero attached hydrogens (tertiary/aromatic N) is 2. The molecule has 2 N–H and O–H groups in total. The minimum absolute atomic E-state index is 0.366. The van der Waals surface area contributed by atoms with Crippen molar-refractivity contribution in [2.24, 2.45) is 10.8 Å². The fraction of sp³-hybridized carbons (Fsp3) is 0.417. The van der Waals surface area contributed by atoms with E-state index >= 15 is 0 Å². The molecular weight excluding hydrogens is 186 g/mol. The molecule has 0 bridgehead atoms. The van der Waals surface area contributed by atoms with E-state index in [9.17, 15) is 0 Å². The van der Waals surface area contributed by atoms with Crippen LogP contribution in [0.2, 0.25) is 0 Å². The summed E-state index contributed by atoms with van der Waals surface area (Å²) in [6, 6.07) is 6.77. The van der Waals surface area contributed by atoms with Crippen LogP contribution in [0, 0.1) is 13.8 Å². The Morgan fingerprint density at radius 1 is 1.40 bits per heavy atom. The maximum absolute atomic E-state index is 5.75. The van der Waals surface area contributed by atoms with E-state index in [2.05, 4.69) is 44.1 Å². The average Bonchev–Trinajstić information content (AvgIpc) is 2.50. The van der Waals surface area contributed by atoms with Crippen LogP contribution in [0.5, 0.6) is 0 Å². The number of amidine groups is 1. The van der Waals surface area contributed by atoms with Crippen molar-refractivity contribution in [3.05, 3.63) is 29.3 Å². The first-order valence-corrected chi connectivity index (χ1v) is 5.27. The molecule has 0 amide bonds. The van der Waals surface area contributed by atoms with Crippen LogP contribution in [0.4, 0.5) is 5.69 Å². The lowest BCUT2D eigenvalue weighted by atomic mass is 10.1. The Morgan fingerprint density at radius 2 is 2.13 bits per heavy atom. The molecule has 1 unspecified atom stereocenters. The predicted octanol–water partition coefficient (Wildman–Crippen LogP) is 2.17. The Hall–Kier alpha value is -1.51. The minimum Gasteiger partial charge on any atom is -0.386 e. The third kappa shape index (κ3) is 1.82. The van der Waals surface area contributed by atoms with Crippen molar-refractivity contribution in [1.29, 1.82) is 0 Å². The molecule has 1 aliphatic heterocycles. The highest BCUT2D eigenvalue weighted by Crippen LogP contribution is 2.27. The monoisotopic (exact) mass is 203 g/mol. The molecule has 15 heavy (non-hydrogen) atoms. The van der Waals surface area contributed by atoms with Crippen molar-refractivity contribution in [2.45, 2.75) is 33.2 Å². The number of anilines is 1. The average molecular weight is 203 g/mol. The normalized spacial score (nSPS) is 20.6. The lowest BCUT2D eigenvalue weighted by Crippen LogP contribution is -2.23. The number of rotatable bonds is 1. The summed E-state index contributed by atoms with van der Waals surface area (Å²) in [5.74, 6) is 0.725. The van der Waals surface area contributed by atoms with Crippen LogP contribution < -0.4 is 10.7 Å². The second-order valence-corrected chi connectivity index (χ2v) is 4.28. The SMILES string of the molecule is Cc1ccc(C)c(N2N=C(N)CC2C)c1. The summed E-state index contributed by atoms with van der Waals surface area (Å²) in [6.45, 7) is 6.34. The van der Waals surface area contributed by atoms with Crippen molar-refractivity contribution in [3.63, 3.8) is 0 Å². The fourth-order valence-electron chi connectivity index (χ4n) is 1.92. The molecule has 0 spiro atoms. The molecule has 0 radical (unpaired) electrons. The fourth-order valence-corrected chi connectivity index (χ4v) is 1.92. The maximum atomic E-state index is 5.75. The van der Waals surface area contributed by atoms with E-state index in [0.29, 0.717) is 6.04 Å². The summed E-state index contributed by atoms with van der Waals surface area (Å²) >= 11 is 0. The molecule has 1 aromatic carbocycles. The number of hydrogen-bond acceptors (Lipinski definition) is 3. The Kier molecular flexibility index (Phi) is 2.39. The highest BCUT2D eigenvalue weighted by atomic mass is 15.5. The van der Waals surface area contributed by atoms with E-state index in [1.807, 2.05) is 5.01 Å². The van der Waals surface area contributed by atoms with Crippen molar-refractivity contribution in [2.75, 3.05) is 5.01 Å². The first kappa shape index (κ1) is 10.0. The van der Waals surface area contributed by atoms with Gasteiger partial charge in [0.25, 0.3) is 0 Å². The molecular formula is C12H17N3. The van der Waals surface area contributed by atoms with Gasteiger partial charge in [0.2, 0.25) is 0 Å². The van der Waals surface area contributed by atoms with Gasteiger partial charge in [-0.05, 0) is 38.0 Å². The van der Waals surface area contributed by atoms with E-state index in [4.69, 9.17) is 5.73 Å². The van der Waals surface area contributed by atoms with Crippen LogP contribution >= 0.6 is 0 Å². The molecule has 1 heterocycles. The van der Waals surface area contributed by atoms with Crippen LogP contribution in [0.25, 0.3) is 0 Å². The van der Waals surface area contributed by atoms with Crippen molar-refractivity contribution in [1.82, 2.24) is 0 Å². The van der Waals surface area contributed by atoms with E-state index < -0.39 is 0 Å². The summed E-state index contributed by atoms with van der Waals surface area (Å²) < 4.78 is 0. The van der Waals surface area contributed by atoms with Crippen LogP contribution in [0.3, 0.4) is 0 Å². The molecule has 0 fully saturated rings. The summed E-state index contributed by atoms with van der Waals surface area (Å²) in [5, 5.41) is 6.39. The zero-order chi connectivity index (χ0) is 11.0. The van der Waals surface area contributed by atoms with Crippen LogP contribution in [0.1, 0.15) is 24.5 Å². The molecule has 0 aromatic heterocycles. The quantitative estimate of drug-likeness (QED) is 0.760. The molecule has 1 aromatic rings. The van der Waals surface area contributed by atoms with Gasteiger partial charge in [-0.25, -0.2) is 0 Å². The van der Waals surface area contributed by atoms with Gasteiger partial charge in [-0.15, -0.1) is 0 Å². The van der Waals surface area contributed by atoms with Crippen LogP contribution in [0.15, 0.2) is 23.3 Å². The molecule has 0 aliphatic carbocycles. The Bertz CT molecular complexity index is 409. The topological polar surface area (TPSA) is 41.6 Å². The van der Waals surface area contributed by atoms with Gasteiger partial charge in [-0.2, -0.15) is 5.10 Å². The Balaban J connectivity index is 2.41. The summed E-state index contributed by atoms with van der Waals surface area (Å²) in [7, 11) is 0. The van der Waals surface area contributed by atoms with Crippen LogP contribution in [-0.2, 0) is 0 Å². The molecule has 0 saturated heterocycles. The highest BCUT2D eigenvalue weighted by Gasteiger charge is 2.23. The minimum atomic E-state index is 0.366. The summed E-state index contributed by atoms with van der Waals surface area (Å²) in [5.41, 5.74) is 9.41. The lowest BCUT2D eigenvalue weighted by Gasteiger charge is -2.22. The zero-order valence-electron chi connectivity index (χ0n) is 9.49. The van der Waals surface area contributed by atoms with Crippen molar-refractivity contribution >= 4 is 11.5 Å². The molecule has 1 aliphatic rings. The van der Waals surface area contributed by atoms with Gasteiger partial charge in [0.15, 0.2) is 0 Å². The lowest BCUT2D eigenvalue weighted by molar-refractivity contribution is 0.721. The zero-order valence-corrected chi connectivity index (χ0v) is 9.49. The molecule has 3 heteroatoms. The van der Waals surface area contributed by atoms with Crippen molar-refractivity contribution < 1.29 is 0 Å². The van der Waals surface area contributed by atoms with Gasteiger partial charge in [-0.3, -0.25) is 5.01 Å². The predicted molar refractivity (Wildman–Crippen MR) is 64.1 cm³/mol. The number of aryl methyl sites for hydroxylation is 2. The van der Waals surface area contributed by atoms with Gasteiger partial charge in [0.05, 0.1) is 11.7 Å². The number of nitrogens with two attached hydrogens (primary N) is 1. The molecule has 80 valence electrons. The van der Waals surface area contributed by atoms with E-state index in [-0.39, 0.29) is 0 Å². The van der Waals surface area contributed by atoms with E-state index in [1.165, 1.54) is 16.8 Å². The number of hydrazone groups is 1. The third-order valence-electron chi connectivity index (χ3n) is 2.77. The first-order valence-electron chi connectivity index (χ1n) is 5.27. The van der Waals surface area contributed by atoms with E-state index in [1.54, 1.807) is 0 Å². The second-order valence-electron chi connectivity index (χ2n) is 4.28. The second kappa shape index (κ2) is 3.57. The molecule has 2 rings (SSSR count). The van der Waals surface area contributed by atoms with Gasteiger partial charge >= 0.3 is 0 Å². The van der Waals surface area contributed by atoms with Crippen molar-refractivity contribution in [3.8, 4) is 0 Å². The van der Waals surface area contributed by atoms with Gasteiger partial charge in [0, 0.05) is 6.42 Å². The van der Waals surface area contributed by atoms with Gasteiger partial charge in [-0.1, -0.05) is 12.1 Å². The molecule has 0 saturated carbocycles. The van der Waals surface area contributed by atoms with E-state index in [0.717, 1.165) is 12.3 Å². The smallest absolute Gasteiger partial charge is 0.122 e. The highest BCUT2D eigenvalue weighted by molar-refractivity contribution is 5.85. The summed E-state index contributed by atoms with van der Waals surface area (Å²) in [4.78, 5) is 0. The maximum Gasteiger partial charge on any atom is 0.122 e. The largest absolute Gasteiger partial charge is 0.386 e. The third-order valence-corrected chi connectivity index (χ3v) is 2.77. The molecule has 1 atom stereocenters. The van der Waals surface area contributed by atoms with Crippen LogP contribution in [-0.4, -0.2) is 11.9 Å². The van der Waals surface area contributed by atoms with Gasteiger partial charge in [0.1, 0.15) is 5.84 Å². The molecule has 3 nitrogen and oxygen atoms in total. The standard InChI is InChI=1S/C12H17N3/c1-8-4-5-9(2)11(6-8)15-10(3)7-12(13)14-15/h4-6,10H,7H2,1-3H3,(H2,13,14). The Labute approximate surface area is 90.6 Å². The summed E-state index contributed by atoms with van der Waals surface area (Å²) in [6.07, 6.45) is 0.855. The number of benzene rings is 1. The Morgan fingerprint density at radius 3 is 2.73 bits per heavy atom. The van der Waals surface area contributed by atoms with Gasteiger partial charge < -0.3 is 5.73 Å². The number of hydrogen-bond donors (Lipinski definition) is 1. The first-order chi connectivity index (χ1) is 7.08.